The first-order valence-corrected chi connectivity index (χ1v) is 5.33. The van der Waals surface area contributed by atoms with Crippen molar-refractivity contribution >= 4 is 5.91 Å². The van der Waals surface area contributed by atoms with Crippen molar-refractivity contribution in [3.05, 3.63) is 47.3 Å². The molecule has 5 nitrogen and oxygen atoms in total. The monoisotopic (exact) mass is 288 g/mol. The minimum atomic E-state index is -4.72. The predicted octanol–water partition coefficient (Wildman–Crippen LogP) is 1.58. The number of aromatic nitrogens is 3. The summed E-state index contributed by atoms with van der Waals surface area (Å²) in [6, 6.07) is 3.26. The number of nitrogens with zero attached hydrogens (tertiary/aromatic N) is 3. The fourth-order valence-corrected chi connectivity index (χ4v) is 1.57. The van der Waals surface area contributed by atoms with E-state index in [9.17, 15) is 22.4 Å². The SMILES string of the molecule is NC(=O)c1cc(C(F)(F)F)nn1Cc1cccnc1F. The number of primary amides is 1. The number of rotatable bonds is 3. The molecule has 0 bridgehead atoms. The van der Waals surface area contributed by atoms with Crippen molar-refractivity contribution in [2.45, 2.75) is 12.7 Å². The molecule has 0 saturated heterocycles. The highest BCUT2D eigenvalue weighted by molar-refractivity contribution is 5.91. The molecule has 0 atom stereocenters. The first kappa shape index (κ1) is 14.0. The number of hydrogen-bond donors (Lipinski definition) is 1. The van der Waals surface area contributed by atoms with Gasteiger partial charge in [0.1, 0.15) is 5.69 Å². The van der Waals surface area contributed by atoms with Gasteiger partial charge in [-0.1, -0.05) is 6.07 Å². The average Bonchev–Trinajstić information content (AvgIpc) is 2.76. The maximum Gasteiger partial charge on any atom is 0.435 e. The maximum absolute atomic E-state index is 13.4. The summed E-state index contributed by atoms with van der Waals surface area (Å²) in [7, 11) is 0. The molecular weight excluding hydrogens is 280 g/mol. The van der Waals surface area contributed by atoms with Crippen LogP contribution in [0.3, 0.4) is 0 Å². The largest absolute Gasteiger partial charge is 0.435 e. The Bertz CT molecular complexity index is 650. The lowest BCUT2D eigenvalue weighted by Crippen LogP contribution is -2.18. The Balaban J connectivity index is 2.43. The van der Waals surface area contributed by atoms with Crippen LogP contribution in [0.1, 0.15) is 21.7 Å². The van der Waals surface area contributed by atoms with Crippen molar-refractivity contribution in [2.24, 2.45) is 5.73 Å². The van der Waals surface area contributed by atoms with Crippen LogP contribution in [0.2, 0.25) is 0 Å². The Labute approximate surface area is 110 Å². The highest BCUT2D eigenvalue weighted by Crippen LogP contribution is 2.28. The van der Waals surface area contributed by atoms with E-state index >= 15 is 0 Å². The molecule has 2 N–H and O–H groups in total. The third kappa shape index (κ3) is 2.76. The second-order valence-corrected chi connectivity index (χ2v) is 3.89. The molecule has 0 aliphatic heterocycles. The fourth-order valence-electron chi connectivity index (χ4n) is 1.57. The molecule has 0 aliphatic rings. The highest BCUT2D eigenvalue weighted by atomic mass is 19.4. The van der Waals surface area contributed by atoms with Crippen LogP contribution in [0, 0.1) is 5.95 Å². The van der Waals surface area contributed by atoms with Crippen LogP contribution in [0.5, 0.6) is 0 Å². The number of alkyl halides is 3. The van der Waals surface area contributed by atoms with Gasteiger partial charge in [0.2, 0.25) is 5.95 Å². The summed E-state index contributed by atoms with van der Waals surface area (Å²) < 4.78 is 51.7. The molecule has 1 amide bonds. The second kappa shape index (κ2) is 4.91. The molecule has 0 spiro atoms. The van der Waals surface area contributed by atoms with Crippen LogP contribution in [-0.2, 0) is 12.7 Å². The van der Waals surface area contributed by atoms with E-state index < -0.39 is 29.4 Å². The molecule has 20 heavy (non-hydrogen) atoms. The van der Waals surface area contributed by atoms with Crippen molar-refractivity contribution in [2.75, 3.05) is 0 Å². The van der Waals surface area contributed by atoms with Gasteiger partial charge in [-0.2, -0.15) is 22.7 Å². The van der Waals surface area contributed by atoms with Crippen molar-refractivity contribution in [1.82, 2.24) is 14.8 Å². The van der Waals surface area contributed by atoms with E-state index in [1.165, 1.54) is 18.3 Å². The van der Waals surface area contributed by atoms with E-state index in [4.69, 9.17) is 5.73 Å². The van der Waals surface area contributed by atoms with Crippen LogP contribution in [-0.4, -0.2) is 20.7 Å². The molecule has 2 aromatic heterocycles. The van der Waals surface area contributed by atoms with E-state index in [1.54, 1.807) is 0 Å². The molecule has 2 aromatic rings. The molecule has 2 heterocycles. The Kier molecular flexibility index (Phi) is 3.43. The number of hydrogen-bond acceptors (Lipinski definition) is 3. The van der Waals surface area contributed by atoms with Gasteiger partial charge < -0.3 is 5.73 Å². The molecule has 0 aliphatic carbocycles. The highest BCUT2D eigenvalue weighted by Gasteiger charge is 2.35. The zero-order chi connectivity index (χ0) is 14.9. The summed E-state index contributed by atoms with van der Waals surface area (Å²) in [5.74, 6) is -1.94. The van der Waals surface area contributed by atoms with Crippen LogP contribution in [0.25, 0.3) is 0 Å². The number of carbonyl (C=O) groups excluding carboxylic acids is 1. The molecule has 2 rings (SSSR count). The van der Waals surface area contributed by atoms with Gasteiger partial charge in [-0.25, -0.2) is 4.98 Å². The van der Waals surface area contributed by atoms with E-state index in [2.05, 4.69) is 10.1 Å². The van der Waals surface area contributed by atoms with Gasteiger partial charge in [0.05, 0.1) is 6.54 Å². The minimum Gasteiger partial charge on any atom is -0.364 e. The third-order valence-electron chi connectivity index (χ3n) is 2.48. The number of carbonyl (C=O) groups is 1. The zero-order valence-corrected chi connectivity index (χ0v) is 9.86. The van der Waals surface area contributed by atoms with Gasteiger partial charge in [0.15, 0.2) is 5.69 Å². The van der Waals surface area contributed by atoms with E-state index in [1.807, 2.05) is 0 Å². The Hall–Kier alpha value is -2.45. The minimum absolute atomic E-state index is 0.00757. The van der Waals surface area contributed by atoms with Gasteiger partial charge in [-0.15, -0.1) is 0 Å². The van der Waals surface area contributed by atoms with Crippen LogP contribution >= 0.6 is 0 Å². The lowest BCUT2D eigenvalue weighted by atomic mass is 10.2. The van der Waals surface area contributed by atoms with Crippen LogP contribution in [0.4, 0.5) is 17.6 Å². The van der Waals surface area contributed by atoms with E-state index in [-0.39, 0.29) is 12.1 Å². The van der Waals surface area contributed by atoms with Gasteiger partial charge in [0.25, 0.3) is 5.91 Å². The number of nitrogens with two attached hydrogens (primary N) is 1. The number of halogens is 4. The quantitative estimate of drug-likeness (QED) is 0.688. The molecule has 0 radical (unpaired) electrons. The Morgan fingerprint density at radius 1 is 1.40 bits per heavy atom. The van der Waals surface area contributed by atoms with Crippen molar-refractivity contribution in [1.29, 1.82) is 0 Å². The fraction of sp³-hybridized carbons (Fsp3) is 0.182. The maximum atomic E-state index is 13.4. The summed E-state index contributed by atoms with van der Waals surface area (Å²) in [6.45, 7) is -0.381. The molecule has 0 aromatic carbocycles. The smallest absolute Gasteiger partial charge is 0.364 e. The molecule has 0 fully saturated rings. The van der Waals surface area contributed by atoms with Gasteiger partial charge in [-0.3, -0.25) is 9.48 Å². The predicted molar refractivity (Wildman–Crippen MR) is 59.0 cm³/mol. The normalized spacial score (nSPS) is 11.6. The summed E-state index contributed by atoms with van der Waals surface area (Å²) >= 11 is 0. The van der Waals surface area contributed by atoms with Crippen LogP contribution < -0.4 is 5.73 Å². The lowest BCUT2D eigenvalue weighted by Gasteiger charge is -2.05. The van der Waals surface area contributed by atoms with Crippen LogP contribution in [0.15, 0.2) is 24.4 Å². The van der Waals surface area contributed by atoms with E-state index in [0.717, 1.165) is 0 Å². The molecule has 9 heteroatoms. The zero-order valence-electron chi connectivity index (χ0n) is 9.86. The van der Waals surface area contributed by atoms with E-state index in [0.29, 0.717) is 10.7 Å². The molecule has 0 unspecified atom stereocenters. The summed E-state index contributed by atoms with van der Waals surface area (Å²) in [6.07, 6.45) is -3.53. The average molecular weight is 288 g/mol. The standard InChI is InChI=1S/C11H8F4N4O/c12-9-6(2-1-3-17-9)5-19-7(10(16)20)4-8(18-19)11(13,14)15/h1-4H,5H2,(H2,16,20). The van der Waals surface area contributed by atoms with Crippen molar-refractivity contribution in [3.8, 4) is 0 Å². The van der Waals surface area contributed by atoms with Gasteiger partial charge >= 0.3 is 6.18 Å². The molecule has 0 saturated carbocycles. The summed E-state index contributed by atoms with van der Waals surface area (Å²) in [4.78, 5) is 14.5. The van der Waals surface area contributed by atoms with Crippen molar-refractivity contribution in [3.63, 3.8) is 0 Å². The molecular formula is C11H8F4N4O. The topological polar surface area (TPSA) is 73.8 Å². The molecule has 106 valence electrons. The van der Waals surface area contributed by atoms with Crippen molar-refractivity contribution < 1.29 is 22.4 Å². The Morgan fingerprint density at radius 2 is 2.10 bits per heavy atom. The number of pyridine rings is 1. The summed E-state index contributed by atoms with van der Waals surface area (Å²) in [5, 5.41) is 3.24. The second-order valence-electron chi connectivity index (χ2n) is 3.89. The Morgan fingerprint density at radius 3 is 2.65 bits per heavy atom. The lowest BCUT2D eigenvalue weighted by molar-refractivity contribution is -0.141. The summed E-state index contributed by atoms with van der Waals surface area (Å²) in [5.41, 5.74) is 3.25. The first-order chi connectivity index (χ1) is 9.29. The van der Waals surface area contributed by atoms with Gasteiger partial charge in [0, 0.05) is 17.8 Å². The number of amides is 1. The van der Waals surface area contributed by atoms with Gasteiger partial charge in [-0.05, 0) is 6.07 Å². The third-order valence-corrected chi connectivity index (χ3v) is 2.48. The first-order valence-electron chi connectivity index (χ1n) is 5.33.